The average Bonchev–Trinajstić information content (AvgIpc) is 2.82. The Morgan fingerprint density at radius 2 is 2.19 bits per heavy atom. The highest BCUT2D eigenvalue weighted by Crippen LogP contribution is 2.70. The summed E-state index contributed by atoms with van der Waals surface area (Å²) in [5, 5.41) is 0. The van der Waals surface area contributed by atoms with Crippen molar-refractivity contribution >= 4 is 5.78 Å². The topological polar surface area (TPSA) is 17.1 Å². The van der Waals surface area contributed by atoms with Crippen molar-refractivity contribution in [3.8, 4) is 0 Å². The molecule has 0 radical (unpaired) electrons. The van der Waals surface area contributed by atoms with Crippen LogP contribution in [0.1, 0.15) is 26.7 Å². The Morgan fingerprint density at radius 3 is 2.62 bits per heavy atom. The van der Waals surface area contributed by atoms with Crippen LogP contribution in [0.3, 0.4) is 0 Å². The van der Waals surface area contributed by atoms with E-state index >= 15 is 0 Å². The molecule has 4 bridgehead atoms. The lowest BCUT2D eigenvalue weighted by atomic mass is 9.68. The van der Waals surface area contributed by atoms with E-state index in [0.29, 0.717) is 29.5 Å². The van der Waals surface area contributed by atoms with Gasteiger partial charge in [0.05, 0.1) is 0 Å². The average molecular weight is 216 g/mol. The summed E-state index contributed by atoms with van der Waals surface area (Å²) in [5.74, 6) is 2.83. The highest BCUT2D eigenvalue weighted by Gasteiger charge is 2.69. The van der Waals surface area contributed by atoms with Crippen molar-refractivity contribution in [3.05, 3.63) is 24.8 Å². The Labute approximate surface area is 97.6 Å². The molecule has 0 aromatic rings. The van der Waals surface area contributed by atoms with E-state index in [4.69, 9.17) is 0 Å². The monoisotopic (exact) mass is 216 g/mol. The number of carbonyl (C=O) groups is 1. The normalized spacial score (nSPS) is 44.8. The lowest BCUT2D eigenvalue weighted by Crippen LogP contribution is -2.32. The lowest BCUT2D eigenvalue weighted by molar-refractivity contribution is -0.124. The molecule has 0 spiro atoms. The van der Waals surface area contributed by atoms with Crippen LogP contribution in [0.4, 0.5) is 0 Å². The molecule has 1 nitrogen and oxygen atoms in total. The molecule has 0 N–H and O–H groups in total. The molecule has 0 aliphatic heterocycles. The van der Waals surface area contributed by atoms with Crippen LogP contribution in [0.15, 0.2) is 24.8 Å². The zero-order valence-corrected chi connectivity index (χ0v) is 10.2. The molecule has 16 heavy (non-hydrogen) atoms. The van der Waals surface area contributed by atoms with Crippen molar-refractivity contribution in [2.75, 3.05) is 0 Å². The first-order valence-corrected chi connectivity index (χ1v) is 6.32. The van der Waals surface area contributed by atoms with Crippen LogP contribution in [0.2, 0.25) is 0 Å². The van der Waals surface area contributed by atoms with Crippen LogP contribution in [0.5, 0.6) is 0 Å². The fraction of sp³-hybridized carbons (Fsp3) is 0.667. The molecular weight excluding hydrogens is 196 g/mol. The van der Waals surface area contributed by atoms with Gasteiger partial charge in [0.15, 0.2) is 0 Å². The molecule has 0 unspecified atom stereocenters. The first kappa shape index (κ1) is 10.3. The fourth-order valence-corrected chi connectivity index (χ4v) is 4.91. The van der Waals surface area contributed by atoms with Crippen molar-refractivity contribution in [2.45, 2.75) is 26.7 Å². The van der Waals surface area contributed by atoms with Gasteiger partial charge in [-0.1, -0.05) is 32.1 Å². The molecule has 4 fully saturated rings. The summed E-state index contributed by atoms with van der Waals surface area (Å²) < 4.78 is 0. The second-order valence-corrected chi connectivity index (χ2v) is 6.49. The Hall–Kier alpha value is -0.850. The minimum absolute atomic E-state index is 0.226. The molecule has 1 heteroatoms. The van der Waals surface area contributed by atoms with E-state index < -0.39 is 0 Å². The molecule has 0 aromatic carbocycles. The predicted octanol–water partition coefficient (Wildman–Crippen LogP) is 3.23. The van der Waals surface area contributed by atoms with Crippen LogP contribution in [-0.4, -0.2) is 5.78 Å². The summed E-state index contributed by atoms with van der Waals surface area (Å²) >= 11 is 0. The van der Waals surface area contributed by atoms with E-state index in [0.717, 1.165) is 12.8 Å². The molecule has 4 aliphatic rings. The lowest BCUT2D eigenvalue weighted by Gasteiger charge is -2.36. The van der Waals surface area contributed by atoms with Crippen molar-refractivity contribution in [1.82, 2.24) is 0 Å². The van der Waals surface area contributed by atoms with E-state index in [9.17, 15) is 4.79 Å². The molecule has 0 amide bonds. The quantitative estimate of drug-likeness (QED) is 0.662. The maximum absolute atomic E-state index is 12.0. The zero-order valence-electron chi connectivity index (χ0n) is 10.2. The van der Waals surface area contributed by atoms with Gasteiger partial charge in [0, 0.05) is 11.8 Å². The Bertz CT molecular complexity index is 390. The summed E-state index contributed by atoms with van der Waals surface area (Å²) in [5.41, 5.74) is 1.54. The number of hydrogen-bond donors (Lipinski definition) is 0. The zero-order chi connectivity index (χ0) is 11.7. The molecule has 4 aliphatic carbocycles. The molecular formula is C15H20O. The van der Waals surface area contributed by atoms with Gasteiger partial charge in [0.2, 0.25) is 0 Å². The number of ketones is 1. The molecule has 0 aromatic heterocycles. The van der Waals surface area contributed by atoms with Crippen LogP contribution in [0.25, 0.3) is 0 Å². The third-order valence-electron chi connectivity index (χ3n) is 5.31. The Kier molecular flexibility index (Phi) is 1.86. The first-order valence-electron chi connectivity index (χ1n) is 6.32. The Morgan fingerprint density at radius 1 is 1.50 bits per heavy atom. The largest absolute Gasteiger partial charge is 0.299 e. The number of rotatable bonds is 3. The van der Waals surface area contributed by atoms with E-state index in [1.807, 2.05) is 6.08 Å². The van der Waals surface area contributed by atoms with Gasteiger partial charge in [-0.05, 0) is 36.0 Å². The summed E-state index contributed by atoms with van der Waals surface area (Å²) in [6, 6.07) is 0. The van der Waals surface area contributed by atoms with E-state index in [1.165, 1.54) is 5.57 Å². The van der Waals surface area contributed by atoms with Crippen LogP contribution < -0.4 is 0 Å². The molecule has 0 heterocycles. The molecule has 4 saturated carbocycles. The van der Waals surface area contributed by atoms with Crippen LogP contribution >= 0.6 is 0 Å². The smallest absolute Gasteiger partial charge is 0.143 e. The summed E-state index contributed by atoms with van der Waals surface area (Å²) in [6.07, 6.45) is 4.21. The number of carbonyl (C=O) groups excluding carboxylic acids is 1. The second kappa shape index (κ2) is 2.88. The summed E-state index contributed by atoms with van der Waals surface area (Å²) in [4.78, 5) is 12.0. The van der Waals surface area contributed by atoms with Gasteiger partial charge in [-0.3, -0.25) is 4.79 Å². The summed E-state index contributed by atoms with van der Waals surface area (Å²) in [7, 11) is 0. The molecule has 86 valence electrons. The second-order valence-electron chi connectivity index (χ2n) is 6.49. The maximum Gasteiger partial charge on any atom is 0.143 e. The van der Waals surface area contributed by atoms with Crippen molar-refractivity contribution in [1.29, 1.82) is 0 Å². The predicted molar refractivity (Wildman–Crippen MR) is 64.8 cm³/mol. The standard InChI is InChI=1S/C15H20O/c1-5-6-15(3,4)13-9-7-10-11(13)8(2)12(9)14(10)16/h5,9-13H,1-2,6-7H2,3-4H3/t9-,10-,11-,12-,13-/m1/s1. The van der Waals surface area contributed by atoms with Crippen LogP contribution in [0, 0.1) is 35.0 Å². The van der Waals surface area contributed by atoms with Gasteiger partial charge in [-0.25, -0.2) is 0 Å². The van der Waals surface area contributed by atoms with Gasteiger partial charge in [0.25, 0.3) is 0 Å². The molecule has 0 saturated heterocycles. The maximum atomic E-state index is 12.0. The minimum Gasteiger partial charge on any atom is -0.299 e. The third kappa shape index (κ3) is 0.952. The Balaban J connectivity index is 1.96. The fourth-order valence-electron chi connectivity index (χ4n) is 4.91. The molecule has 4 rings (SSSR count). The highest BCUT2D eigenvalue weighted by atomic mass is 16.1. The first-order chi connectivity index (χ1) is 7.49. The number of hydrogen-bond acceptors (Lipinski definition) is 1. The number of allylic oxidation sites excluding steroid dienone is 2. The van der Waals surface area contributed by atoms with Gasteiger partial charge < -0.3 is 0 Å². The van der Waals surface area contributed by atoms with Gasteiger partial charge in [0.1, 0.15) is 5.78 Å². The van der Waals surface area contributed by atoms with E-state index in [-0.39, 0.29) is 11.3 Å². The van der Waals surface area contributed by atoms with Gasteiger partial charge in [-0.15, -0.1) is 6.58 Å². The van der Waals surface area contributed by atoms with Crippen molar-refractivity contribution in [3.63, 3.8) is 0 Å². The number of Topliss-reactive ketones (excluding diaryl/α,β-unsaturated/α-hetero) is 1. The highest BCUT2D eigenvalue weighted by molar-refractivity contribution is 5.94. The SMILES string of the molecule is C=CCC(C)(C)[C@@H]1[C@@H]2C[C@H]3C(=O)[C@@H]2C(=C)[C@@H]13. The summed E-state index contributed by atoms with van der Waals surface area (Å²) in [6.45, 7) is 12.7. The van der Waals surface area contributed by atoms with Crippen LogP contribution in [-0.2, 0) is 4.79 Å². The molecule has 5 atom stereocenters. The van der Waals surface area contributed by atoms with Gasteiger partial charge in [-0.2, -0.15) is 0 Å². The minimum atomic E-state index is 0.226. The van der Waals surface area contributed by atoms with Gasteiger partial charge >= 0.3 is 0 Å². The van der Waals surface area contributed by atoms with Crippen molar-refractivity contribution in [2.24, 2.45) is 35.0 Å². The van der Waals surface area contributed by atoms with E-state index in [1.54, 1.807) is 0 Å². The van der Waals surface area contributed by atoms with Crippen molar-refractivity contribution < 1.29 is 4.79 Å². The van der Waals surface area contributed by atoms with E-state index in [2.05, 4.69) is 27.0 Å². The third-order valence-corrected chi connectivity index (χ3v) is 5.31.